The van der Waals surface area contributed by atoms with Gasteiger partial charge in [-0.15, -0.1) is 0 Å². The number of carbonyl (C=O) groups excluding carboxylic acids is 2. The minimum Gasteiger partial charge on any atom is -0.491 e. The maximum atomic E-state index is 12.5. The van der Waals surface area contributed by atoms with Crippen molar-refractivity contribution in [3.05, 3.63) is 29.8 Å². The average Bonchev–Trinajstić information content (AvgIpc) is 2.81. The van der Waals surface area contributed by atoms with Gasteiger partial charge < -0.3 is 19.3 Å². The Bertz CT molecular complexity index is 557. The van der Waals surface area contributed by atoms with Gasteiger partial charge in [0.05, 0.1) is 19.6 Å². The van der Waals surface area contributed by atoms with E-state index in [1.165, 1.54) is 7.11 Å². The Morgan fingerprint density at radius 3 is 2.29 bits per heavy atom. The second-order valence-electron chi connectivity index (χ2n) is 6.18. The van der Waals surface area contributed by atoms with Gasteiger partial charge in [0.25, 0.3) is 0 Å². The number of hydrogen-bond acceptors (Lipinski definition) is 4. The van der Waals surface area contributed by atoms with Crippen LogP contribution in [0.3, 0.4) is 0 Å². The predicted molar refractivity (Wildman–Crippen MR) is 91.1 cm³/mol. The monoisotopic (exact) mass is 334 g/mol. The van der Waals surface area contributed by atoms with E-state index in [9.17, 15) is 9.59 Å². The molecule has 24 heavy (non-hydrogen) atoms. The third-order valence-corrected chi connectivity index (χ3v) is 3.93. The summed E-state index contributed by atoms with van der Waals surface area (Å²) in [5.74, 6) is 0.893. The third kappa shape index (κ3) is 5.15. The Morgan fingerprint density at radius 2 is 1.67 bits per heavy atom. The number of nitrogens with zero attached hydrogens (tertiary/aromatic N) is 2. The topological polar surface area (TPSA) is 59.1 Å². The summed E-state index contributed by atoms with van der Waals surface area (Å²) in [4.78, 5) is 27.5. The molecule has 0 aliphatic carbocycles. The molecule has 0 N–H and O–H groups in total. The molecule has 6 heteroatoms. The van der Waals surface area contributed by atoms with E-state index in [1.807, 2.05) is 43.0 Å². The summed E-state index contributed by atoms with van der Waals surface area (Å²) in [5, 5.41) is 0. The Morgan fingerprint density at radius 1 is 1.04 bits per heavy atom. The van der Waals surface area contributed by atoms with Crippen molar-refractivity contribution in [2.75, 3.05) is 33.3 Å². The van der Waals surface area contributed by atoms with Gasteiger partial charge in [0.1, 0.15) is 5.75 Å². The van der Waals surface area contributed by atoms with Gasteiger partial charge in [-0.2, -0.15) is 0 Å². The van der Waals surface area contributed by atoms with Crippen LogP contribution < -0.4 is 4.74 Å². The first-order chi connectivity index (χ1) is 11.5. The van der Waals surface area contributed by atoms with Crippen LogP contribution in [0, 0.1) is 0 Å². The Kier molecular flexibility index (Phi) is 6.46. The second-order valence-corrected chi connectivity index (χ2v) is 6.18. The Hall–Kier alpha value is -2.24. The van der Waals surface area contributed by atoms with Crippen molar-refractivity contribution in [2.24, 2.45) is 0 Å². The van der Waals surface area contributed by atoms with Gasteiger partial charge in [0.2, 0.25) is 5.91 Å². The summed E-state index contributed by atoms with van der Waals surface area (Å²) in [6.45, 7) is 6.31. The average molecular weight is 334 g/mol. The highest BCUT2D eigenvalue weighted by molar-refractivity contribution is 5.79. The molecule has 132 valence electrons. The molecule has 0 bridgehead atoms. The molecule has 0 spiro atoms. The molecule has 6 nitrogen and oxygen atoms in total. The molecule has 0 atom stereocenters. The van der Waals surface area contributed by atoms with Crippen LogP contribution in [0.25, 0.3) is 0 Å². The van der Waals surface area contributed by atoms with E-state index in [4.69, 9.17) is 9.47 Å². The molecule has 0 saturated carbocycles. The van der Waals surface area contributed by atoms with Gasteiger partial charge in [-0.3, -0.25) is 4.79 Å². The van der Waals surface area contributed by atoms with Crippen LogP contribution in [0.15, 0.2) is 24.3 Å². The Balaban J connectivity index is 1.89. The van der Waals surface area contributed by atoms with Crippen molar-refractivity contribution in [3.8, 4) is 5.75 Å². The summed E-state index contributed by atoms with van der Waals surface area (Å²) in [6.07, 6.45) is 0.930. The zero-order valence-corrected chi connectivity index (χ0v) is 14.7. The van der Waals surface area contributed by atoms with Crippen LogP contribution in [-0.2, 0) is 16.0 Å². The zero-order chi connectivity index (χ0) is 17.5. The van der Waals surface area contributed by atoms with E-state index in [0.29, 0.717) is 32.6 Å². The van der Waals surface area contributed by atoms with Gasteiger partial charge in [-0.1, -0.05) is 12.1 Å². The van der Waals surface area contributed by atoms with Crippen LogP contribution in [0.5, 0.6) is 5.75 Å². The molecular formula is C18H26N2O4. The summed E-state index contributed by atoms with van der Waals surface area (Å²) >= 11 is 0. The zero-order valence-electron chi connectivity index (χ0n) is 14.7. The molecule has 1 heterocycles. The number of methoxy groups -OCH3 is 1. The molecule has 2 rings (SSSR count). The smallest absolute Gasteiger partial charge is 0.409 e. The third-order valence-electron chi connectivity index (χ3n) is 3.93. The van der Waals surface area contributed by atoms with Crippen LogP contribution >= 0.6 is 0 Å². The van der Waals surface area contributed by atoms with Gasteiger partial charge in [0, 0.05) is 26.2 Å². The molecule has 2 amide bonds. The molecule has 1 aromatic carbocycles. The second kappa shape index (κ2) is 8.57. The number of benzene rings is 1. The molecule has 1 aliphatic rings. The molecule has 0 aromatic heterocycles. The van der Waals surface area contributed by atoms with Crippen LogP contribution in [0.4, 0.5) is 4.79 Å². The quantitative estimate of drug-likeness (QED) is 0.848. The van der Waals surface area contributed by atoms with E-state index in [1.54, 1.807) is 4.90 Å². The fourth-order valence-electron chi connectivity index (χ4n) is 2.72. The first kappa shape index (κ1) is 18.1. The highest BCUT2D eigenvalue weighted by atomic mass is 16.5. The minimum absolute atomic E-state index is 0.0826. The fourth-order valence-corrected chi connectivity index (χ4v) is 2.72. The molecular weight excluding hydrogens is 308 g/mol. The largest absolute Gasteiger partial charge is 0.491 e. The number of amides is 2. The maximum absolute atomic E-state index is 12.5. The number of ether oxygens (including phenoxy) is 2. The molecule has 1 fully saturated rings. The van der Waals surface area contributed by atoms with Gasteiger partial charge >= 0.3 is 6.09 Å². The van der Waals surface area contributed by atoms with Crippen molar-refractivity contribution in [2.45, 2.75) is 32.8 Å². The highest BCUT2D eigenvalue weighted by Crippen LogP contribution is 2.15. The van der Waals surface area contributed by atoms with Crippen LogP contribution in [0.1, 0.15) is 25.8 Å². The lowest BCUT2D eigenvalue weighted by Gasteiger charge is -2.21. The Labute approximate surface area is 143 Å². The summed E-state index contributed by atoms with van der Waals surface area (Å²) in [5.41, 5.74) is 0.963. The van der Waals surface area contributed by atoms with Crippen molar-refractivity contribution < 1.29 is 19.1 Å². The van der Waals surface area contributed by atoms with E-state index < -0.39 is 0 Å². The molecule has 0 unspecified atom stereocenters. The number of rotatable bonds is 4. The molecule has 1 aromatic rings. The van der Waals surface area contributed by atoms with Crippen molar-refractivity contribution in [1.29, 1.82) is 0 Å². The number of carbonyl (C=O) groups is 2. The SMILES string of the molecule is COC(=O)N1CCCN(C(=O)Cc2ccc(OC(C)C)cc2)CC1. The standard InChI is InChI=1S/C18H26N2O4/c1-14(2)24-16-7-5-15(6-8-16)13-17(21)19-9-4-10-20(12-11-19)18(22)23-3/h5-8,14H,4,9-13H2,1-3H3. The molecule has 0 radical (unpaired) electrons. The van der Waals surface area contributed by atoms with Gasteiger partial charge in [-0.05, 0) is 38.0 Å². The van der Waals surface area contributed by atoms with Crippen LogP contribution in [-0.4, -0.2) is 61.2 Å². The summed E-state index contributed by atoms with van der Waals surface area (Å²) < 4.78 is 10.4. The van der Waals surface area contributed by atoms with E-state index in [2.05, 4.69) is 0 Å². The van der Waals surface area contributed by atoms with Crippen molar-refractivity contribution in [1.82, 2.24) is 9.80 Å². The lowest BCUT2D eigenvalue weighted by atomic mass is 10.1. The summed E-state index contributed by atoms with van der Waals surface area (Å²) in [7, 11) is 1.38. The first-order valence-corrected chi connectivity index (χ1v) is 8.36. The van der Waals surface area contributed by atoms with E-state index in [-0.39, 0.29) is 18.1 Å². The molecule has 1 aliphatic heterocycles. The summed E-state index contributed by atoms with van der Waals surface area (Å²) in [6, 6.07) is 7.64. The van der Waals surface area contributed by atoms with Gasteiger partial charge in [0.15, 0.2) is 0 Å². The van der Waals surface area contributed by atoms with E-state index >= 15 is 0 Å². The molecule has 1 saturated heterocycles. The number of hydrogen-bond donors (Lipinski definition) is 0. The van der Waals surface area contributed by atoms with Crippen molar-refractivity contribution in [3.63, 3.8) is 0 Å². The lowest BCUT2D eigenvalue weighted by Crippen LogP contribution is -2.37. The van der Waals surface area contributed by atoms with Gasteiger partial charge in [-0.25, -0.2) is 4.79 Å². The maximum Gasteiger partial charge on any atom is 0.409 e. The first-order valence-electron chi connectivity index (χ1n) is 8.36. The lowest BCUT2D eigenvalue weighted by molar-refractivity contribution is -0.130. The minimum atomic E-state index is -0.329. The van der Waals surface area contributed by atoms with Crippen molar-refractivity contribution >= 4 is 12.0 Å². The highest BCUT2D eigenvalue weighted by Gasteiger charge is 2.22. The van der Waals surface area contributed by atoms with Crippen LogP contribution in [0.2, 0.25) is 0 Å². The normalized spacial score (nSPS) is 15.2. The predicted octanol–water partition coefficient (Wildman–Crippen LogP) is 2.32. The fraction of sp³-hybridized carbons (Fsp3) is 0.556. The van der Waals surface area contributed by atoms with E-state index in [0.717, 1.165) is 17.7 Å².